The van der Waals surface area contributed by atoms with E-state index in [2.05, 4.69) is 10.0 Å². The van der Waals surface area contributed by atoms with Crippen LogP contribution in [0.2, 0.25) is 0 Å². The number of hydrogen-bond acceptors (Lipinski definition) is 3. The summed E-state index contributed by atoms with van der Waals surface area (Å²) in [6, 6.07) is 11.6. The largest absolute Gasteiger partial charge is 0.319 e. The summed E-state index contributed by atoms with van der Waals surface area (Å²) in [6.07, 6.45) is 0. The summed E-state index contributed by atoms with van der Waals surface area (Å²) in [7, 11) is -2.49. The minimum absolute atomic E-state index is 0.0843. The molecule has 5 nitrogen and oxygen atoms in total. The lowest BCUT2D eigenvalue weighted by molar-refractivity contribution is 0.102. The highest BCUT2D eigenvalue weighted by Crippen LogP contribution is 2.19. The molecule has 0 aliphatic rings. The third kappa shape index (κ3) is 3.45. The molecule has 2 N–H and O–H groups in total. The van der Waals surface area contributed by atoms with Crippen LogP contribution in [0.5, 0.6) is 0 Å². The second-order valence-corrected chi connectivity index (χ2v) is 6.06. The molecule has 0 atom stereocenters. The lowest BCUT2D eigenvalue weighted by atomic mass is 10.2. The molecule has 0 spiro atoms. The van der Waals surface area contributed by atoms with Crippen molar-refractivity contribution in [1.29, 1.82) is 0 Å². The van der Waals surface area contributed by atoms with Gasteiger partial charge in [0.25, 0.3) is 5.91 Å². The zero-order valence-corrected chi connectivity index (χ0v) is 11.9. The molecule has 0 saturated heterocycles. The van der Waals surface area contributed by atoms with E-state index in [4.69, 9.17) is 0 Å². The zero-order valence-electron chi connectivity index (χ0n) is 11.1. The van der Waals surface area contributed by atoms with Gasteiger partial charge < -0.3 is 5.32 Å². The van der Waals surface area contributed by atoms with Gasteiger partial charge in [0.05, 0.1) is 10.6 Å². The molecule has 21 heavy (non-hydrogen) atoms. The van der Waals surface area contributed by atoms with Crippen molar-refractivity contribution < 1.29 is 17.6 Å². The number of benzene rings is 2. The van der Waals surface area contributed by atoms with E-state index in [-0.39, 0.29) is 10.6 Å². The first-order chi connectivity index (χ1) is 9.94. The van der Waals surface area contributed by atoms with Gasteiger partial charge in [-0.15, -0.1) is 0 Å². The van der Waals surface area contributed by atoms with Crippen molar-refractivity contribution in [3.63, 3.8) is 0 Å². The Labute approximate surface area is 121 Å². The number of hydrogen-bond donors (Lipinski definition) is 2. The molecule has 0 radical (unpaired) electrons. The monoisotopic (exact) mass is 308 g/mol. The van der Waals surface area contributed by atoms with E-state index in [0.29, 0.717) is 5.56 Å². The Morgan fingerprint density at radius 2 is 1.76 bits per heavy atom. The molecular formula is C14H13FN2O3S. The summed E-state index contributed by atoms with van der Waals surface area (Å²) in [5.74, 6) is -1.30. The SMILES string of the molecule is CNS(=O)(=O)c1ccc(NC(=O)c2ccccc2)c(F)c1. The van der Waals surface area contributed by atoms with Crippen molar-refractivity contribution in [2.75, 3.05) is 12.4 Å². The first kappa shape index (κ1) is 15.1. The summed E-state index contributed by atoms with van der Waals surface area (Å²) in [5, 5.41) is 2.39. The van der Waals surface area contributed by atoms with E-state index in [0.717, 1.165) is 6.07 Å². The zero-order chi connectivity index (χ0) is 15.5. The van der Waals surface area contributed by atoms with Crippen LogP contribution in [0.25, 0.3) is 0 Å². The molecule has 2 rings (SSSR count). The van der Waals surface area contributed by atoms with E-state index in [1.54, 1.807) is 30.3 Å². The van der Waals surface area contributed by atoms with E-state index < -0.39 is 21.7 Å². The van der Waals surface area contributed by atoms with Crippen molar-refractivity contribution in [2.45, 2.75) is 4.90 Å². The molecule has 0 aliphatic carbocycles. The van der Waals surface area contributed by atoms with Gasteiger partial charge in [0.1, 0.15) is 5.82 Å². The Morgan fingerprint density at radius 3 is 2.33 bits per heavy atom. The molecule has 0 heterocycles. The highest BCUT2D eigenvalue weighted by Gasteiger charge is 2.15. The Bertz CT molecular complexity index is 761. The smallest absolute Gasteiger partial charge is 0.255 e. The summed E-state index contributed by atoms with van der Waals surface area (Å²) in [6.45, 7) is 0. The first-order valence-corrected chi connectivity index (χ1v) is 7.52. The average molecular weight is 308 g/mol. The highest BCUT2D eigenvalue weighted by atomic mass is 32.2. The summed E-state index contributed by atoms with van der Waals surface area (Å²) >= 11 is 0. The van der Waals surface area contributed by atoms with Gasteiger partial charge >= 0.3 is 0 Å². The van der Waals surface area contributed by atoms with Crippen molar-refractivity contribution in [1.82, 2.24) is 4.72 Å². The van der Waals surface area contributed by atoms with Crippen LogP contribution >= 0.6 is 0 Å². The predicted molar refractivity (Wildman–Crippen MR) is 77.0 cm³/mol. The summed E-state index contributed by atoms with van der Waals surface area (Å²) < 4.78 is 39.1. The second-order valence-electron chi connectivity index (χ2n) is 4.17. The van der Waals surface area contributed by atoms with Gasteiger partial charge in [0, 0.05) is 5.56 Å². The van der Waals surface area contributed by atoms with Crippen LogP contribution < -0.4 is 10.0 Å². The van der Waals surface area contributed by atoms with Crippen molar-refractivity contribution in [3.8, 4) is 0 Å². The fraction of sp³-hybridized carbons (Fsp3) is 0.0714. The molecule has 2 aromatic carbocycles. The molecule has 0 unspecified atom stereocenters. The fourth-order valence-electron chi connectivity index (χ4n) is 1.67. The number of halogens is 1. The van der Waals surface area contributed by atoms with E-state index in [1.165, 1.54) is 19.2 Å². The molecule has 2 aromatic rings. The molecule has 0 bridgehead atoms. The number of amides is 1. The molecule has 0 aliphatic heterocycles. The number of rotatable bonds is 4. The third-order valence-electron chi connectivity index (χ3n) is 2.80. The Hall–Kier alpha value is -2.25. The third-order valence-corrected chi connectivity index (χ3v) is 4.22. The van der Waals surface area contributed by atoms with Crippen LogP contribution in [0.4, 0.5) is 10.1 Å². The van der Waals surface area contributed by atoms with Gasteiger partial charge in [0.2, 0.25) is 10.0 Å². The average Bonchev–Trinajstić information content (AvgIpc) is 2.50. The van der Waals surface area contributed by atoms with Crippen LogP contribution in [-0.4, -0.2) is 21.4 Å². The van der Waals surface area contributed by atoms with E-state index in [1.807, 2.05) is 0 Å². The van der Waals surface area contributed by atoms with Crippen LogP contribution in [-0.2, 0) is 10.0 Å². The standard InChI is InChI=1S/C14H13FN2O3S/c1-16-21(19,20)11-7-8-13(12(15)9-11)17-14(18)10-5-3-2-4-6-10/h2-9,16H,1H3,(H,17,18). The van der Waals surface area contributed by atoms with Gasteiger partial charge in [-0.25, -0.2) is 17.5 Å². The molecular weight excluding hydrogens is 295 g/mol. The van der Waals surface area contributed by atoms with Crippen molar-refractivity contribution >= 4 is 21.6 Å². The van der Waals surface area contributed by atoms with Gasteiger partial charge in [-0.3, -0.25) is 4.79 Å². The molecule has 0 aromatic heterocycles. The lowest BCUT2D eigenvalue weighted by Gasteiger charge is -2.08. The topological polar surface area (TPSA) is 75.3 Å². The minimum atomic E-state index is -3.72. The molecule has 1 amide bonds. The number of carbonyl (C=O) groups is 1. The van der Waals surface area contributed by atoms with Crippen molar-refractivity contribution in [2.24, 2.45) is 0 Å². The summed E-state index contributed by atoms with van der Waals surface area (Å²) in [5.41, 5.74) is 0.294. The lowest BCUT2D eigenvalue weighted by Crippen LogP contribution is -2.19. The van der Waals surface area contributed by atoms with Gasteiger partial charge in [0.15, 0.2) is 0 Å². The molecule has 0 fully saturated rings. The molecule has 110 valence electrons. The maximum absolute atomic E-state index is 13.9. The first-order valence-electron chi connectivity index (χ1n) is 6.03. The minimum Gasteiger partial charge on any atom is -0.319 e. The van der Waals surface area contributed by atoms with Crippen LogP contribution in [0, 0.1) is 5.82 Å². The Morgan fingerprint density at radius 1 is 1.10 bits per heavy atom. The maximum atomic E-state index is 13.9. The quantitative estimate of drug-likeness (QED) is 0.907. The maximum Gasteiger partial charge on any atom is 0.255 e. The normalized spacial score (nSPS) is 11.1. The summed E-state index contributed by atoms with van der Waals surface area (Å²) in [4.78, 5) is 11.7. The second kappa shape index (κ2) is 6.02. The van der Waals surface area contributed by atoms with E-state index in [9.17, 15) is 17.6 Å². The van der Waals surface area contributed by atoms with Crippen LogP contribution in [0.3, 0.4) is 0 Å². The van der Waals surface area contributed by atoms with Gasteiger partial charge in [-0.05, 0) is 37.4 Å². The predicted octanol–water partition coefficient (Wildman–Crippen LogP) is 1.99. The van der Waals surface area contributed by atoms with Crippen LogP contribution in [0.1, 0.15) is 10.4 Å². The number of carbonyl (C=O) groups excluding carboxylic acids is 1. The number of anilines is 1. The van der Waals surface area contributed by atoms with Crippen LogP contribution in [0.15, 0.2) is 53.4 Å². The van der Waals surface area contributed by atoms with Crippen molar-refractivity contribution in [3.05, 3.63) is 59.9 Å². The Kier molecular flexibility index (Phi) is 4.35. The van der Waals surface area contributed by atoms with E-state index >= 15 is 0 Å². The number of sulfonamides is 1. The fourth-order valence-corrected chi connectivity index (χ4v) is 2.41. The highest BCUT2D eigenvalue weighted by molar-refractivity contribution is 7.89. The molecule has 7 heteroatoms. The number of nitrogens with one attached hydrogen (secondary N) is 2. The Balaban J connectivity index is 2.25. The van der Waals surface area contributed by atoms with Gasteiger partial charge in [-0.1, -0.05) is 18.2 Å². The molecule has 0 saturated carbocycles. The van der Waals surface area contributed by atoms with Gasteiger partial charge in [-0.2, -0.15) is 0 Å².